The van der Waals surface area contributed by atoms with Gasteiger partial charge in [-0.2, -0.15) is 0 Å². The average Bonchev–Trinajstić information content (AvgIpc) is 2.36. The highest BCUT2D eigenvalue weighted by molar-refractivity contribution is 9.10. The van der Waals surface area contributed by atoms with Crippen LogP contribution in [-0.4, -0.2) is 23.5 Å². The average molecular weight is 332 g/mol. The molecular formula is C13H15BrFNO3. The minimum atomic E-state index is -0.884. The van der Waals surface area contributed by atoms with Crippen LogP contribution in [0.2, 0.25) is 0 Å². The molecule has 0 radical (unpaired) electrons. The van der Waals surface area contributed by atoms with E-state index in [0.717, 1.165) is 0 Å². The van der Waals surface area contributed by atoms with Crippen molar-refractivity contribution in [3.63, 3.8) is 0 Å². The molecule has 6 heteroatoms. The minimum Gasteiger partial charge on any atom is -0.481 e. The van der Waals surface area contributed by atoms with Crippen molar-refractivity contribution in [2.45, 2.75) is 19.8 Å². The summed E-state index contributed by atoms with van der Waals surface area (Å²) in [4.78, 5) is 22.4. The van der Waals surface area contributed by atoms with Gasteiger partial charge in [0.25, 0.3) is 5.91 Å². The highest BCUT2D eigenvalue weighted by Gasteiger charge is 2.14. The van der Waals surface area contributed by atoms with E-state index in [0.29, 0.717) is 12.0 Å². The van der Waals surface area contributed by atoms with Gasteiger partial charge in [0.2, 0.25) is 0 Å². The molecule has 1 rings (SSSR count). The Bertz CT molecular complexity index is 479. The van der Waals surface area contributed by atoms with E-state index in [1.165, 1.54) is 18.2 Å². The summed E-state index contributed by atoms with van der Waals surface area (Å²) in [6, 6.07) is 3.98. The van der Waals surface area contributed by atoms with Gasteiger partial charge in [0, 0.05) is 18.5 Å². The Morgan fingerprint density at radius 3 is 2.68 bits per heavy atom. The van der Waals surface area contributed by atoms with Crippen LogP contribution in [-0.2, 0) is 4.79 Å². The molecule has 0 saturated carbocycles. The molecule has 2 N–H and O–H groups in total. The zero-order chi connectivity index (χ0) is 14.4. The monoisotopic (exact) mass is 331 g/mol. The number of hydrogen-bond acceptors (Lipinski definition) is 2. The first-order chi connectivity index (χ1) is 8.93. The first kappa shape index (κ1) is 15.6. The molecule has 1 aromatic rings. The second-order valence-electron chi connectivity index (χ2n) is 4.21. The zero-order valence-electron chi connectivity index (χ0n) is 10.5. The van der Waals surface area contributed by atoms with E-state index in [-0.39, 0.29) is 29.3 Å². The van der Waals surface area contributed by atoms with Gasteiger partial charge in [0.1, 0.15) is 5.82 Å². The second kappa shape index (κ2) is 7.23. The van der Waals surface area contributed by atoms with Gasteiger partial charge < -0.3 is 10.4 Å². The van der Waals surface area contributed by atoms with E-state index in [2.05, 4.69) is 21.2 Å². The lowest BCUT2D eigenvalue weighted by molar-refractivity contribution is -0.138. The van der Waals surface area contributed by atoms with E-state index < -0.39 is 11.8 Å². The number of halogens is 2. The molecule has 0 spiro atoms. The van der Waals surface area contributed by atoms with Gasteiger partial charge in [0.05, 0.1) is 4.47 Å². The first-order valence-corrected chi connectivity index (χ1v) is 6.68. The third kappa shape index (κ3) is 4.98. The molecule has 0 fully saturated rings. The number of carbonyl (C=O) groups is 2. The van der Waals surface area contributed by atoms with E-state index in [1.807, 2.05) is 6.92 Å². The summed E-state index contributed by atoms with van der Waals surface area (Å²) >= 11 is 3.01. The fraction of sp³-hybridized carbons (Fsp3) is 0.385. The molecule has 0 aliphatic carbocycles. The molecule has 1 atom stereocenters. The number of benzene rings is 1. The summed E-state index contributed by atoms with van der Waals surface area (Å²) in [7, 11) is 0. The topological polar surface area (TPSA) is 66.4 Å². The number of carbonyl (C=O) groups excluding carboxylic acids is 1. The lowest BCUT2D eigenvalue weighted by atomic mass is 10.0. The Labute approximate surface area is 119 Å². The Morgan fingerprint density at radius 2 is 2.16 bits per heavy atom. The molecule has 0 aromatic heterocycles. The van der Waals surface area contributed by atoms with Crippen LogP contribution in [0.4, 0.5) is 4.39 Å². The van der Waals surface area contributed by atoms with Crippen molar-refractivity contribution >= 4 is 27.8 Å². The van der Waals surface area contributed by atoms with E-state index in [4.69, 9.17) is 5.11 Å². The van der Waals surface area contributed by atoms with Crippen molar-refractivity contribution in [2.75, 3.05) is 6.54 Å². The van der Waals surface area contributed by atoms with Crippen molar-refractivity contribution in [3.05, 3.63) is 34.1 Å². The third-order valence-corrected chi connectivity index (χ3v) is 3.38. The van der Waals surface area contributed by atoms with Crippen molar-refractivity contribution in [3.8, 4) is 0 Å². The summed E-state index contributed by atoms with van der Waals surface area (Å²) in [5.74, 6) is -1.77. The van der Waals surface area contributed by atoms with Crippen LogP contribution in [0.25, 0.3) is 0 Å². The van der Waals surface area contributed by atoms with Crippen LogP contribution in [0.3, 0.4) is 0 Å². The molecule has 0 heterocycles. The van der Waals surface area contributed by atoms with E-state index in [1.54, 1.807) is 0 Å². The molecule has 0 aliphatic heterocycles. The normalized spacial score (nSPS) is 11.9. The number of nitrogens with one attached hydrogen (secondary N) is 1. The Kier molecular flexibility index (Phi) is 5.95. The van der Waals surface area contributed by atoms with E-state index in [9.17, 15) is 14.0 Å². The molecular weight excluding hydrogens is 317 g/mol. The number of carboxylic acids is 1. The molecule has 1 amide bonds. The predicted molar refractivity (Wildman–Crippen MR) is 72.5 cm³/mol. The van der Waals surface area contributed by atoms with E-state index >= 15 is 0 Å². The number of aliphatic carboxylic acids is 1. The van der Waals surface area contributed by atoms with Gasteiger partial charge >= 0.3 is 5.97 Å². The molecule has 1 aromatic carbocycles. The summed E-state index contributed by atoms with van der Waals surface area (Å²) in [6.07, 6.45) is 0.684. The maximum Gasteiger partial charge on any atom is 0.303 e. The lowest BCUT2D eigenvalue weighted by Gasteiger charge is -2.13. The number of carboxylic acid groups (broad SMARTS) is 1. The smallest absolute Gasteiger partial charge is 0.303 e. The minimum absolute atomic E-state index is 0.0178. The maximum absolute atomic E-state index is 13.0. The molecule has 19 heavy (non-hydrogen) atoms. The van der Waals surface area contributed by atoms with Crippen molar-refractivity contribution in [1.82, 2.24) is 5.32 Å². The third-order valence-electron chi connectivity index (χ3n) is 2.77. The van der Waals surface area contributed by atoms with Gasteiger partial charge in [-0.3, -0.25) is 9.59 Å². The largest absolute Gasteiger partial charge is 0.481 e. The molecule has 0 bridgehead atoms. The number of hydrogen-bond donors (Lipinski definition) is 2. The Hall–Kier alpha value is -1.43. The fourth-order valence-electron chi connectivity index (χ4n) is 1.58. The van der Waals surface area contributed by atoms with Crippen molar-refractivity contribution in [1.29, 1.82) is 0 Å². The standard InChI is InChI=1S/C13H15BrFNO3/c1-2-8(5-12(17)18)7-16-13(19)9-3-4-11(15)10(14)6-9/h3-4,6,8H,2,5,7H2,1H3,(H,16,19)(H,17,18). The molecule has 1 unspecified atom stereocenters. The zero-order valence-corrected chi connectivity index (χ0v) is 12.0. The van der Waals surface area contributed by atoms with Crippen LogP contribution >= 0.6 is 15.9 Å². The SMILES string of the molecule is CCC(CNC(=O)c1ccc(F)c(Br)c1)CC(=O)O. The second-order valence-corrected chi connectivity index (χ2v) is 5.07. The van der Waals surface area contributed by atoms with Crippen molar-refractivity contribution in [2.24, 2.45) is 5.92 Å². The number of rotatable bonds is 6. The maximum atomic E-state index is 13.0. The van der Waals surface area contributed by atoms with Crippen LogP contribution < -0.4 is 5.32 Å². The summed E-state index contributed by atoms with van der Waals surface area (Å²) < 4.78 is 13.3. The Balaban J connectivity index is 2.59. The van der Waals surface area contributed by atoms with Crippen LogP contribution in [0.15, 0.2) is 22.7 Å². The van der Waals surface area contributed by atoms with Crippen LogP contribution in [0.1, 0.15) is 30.1 Å². The van der Waals surface area contributed by atoms with Gasteiger partial charge in [-0.1, -0.05) is 13.3 Å². The fourth-order valence-corrected chi connectivity index (χ4v) is 1.96. The summed E-state index contributed by atoms with van der Waals surface area (Å²) in [5.41, 5.74) is 0.332. The predicted octanol–water partition coefficient (Wildman–Crippen LogP) is 2.82. The first-order valence-electron chi connectivity index (χ1n) is 5.89. The molecule has 104 valence electrons. The summed E-state index contributed by atoms with van der Waals surface area (Å²) in [5, 5.41) is 11.4. The summed E-state index contributed by atoms with van der Waals surface area (Å²) in [6.45, 7) is 2.16. The van der Waals surface area contributed by atoms with Crippen LogP contribution in [0.5, 0.6) is 0 Å². The highest BCUT2D eigenvalue weighted by Crippen LogP contribution is 2.17. The van der Waals surface area contributed by atoms with Gasteiger partial charge in [-0.15, -0.1) is 0 Å². The van der Waals surface area contributed by atoms with Gasteiger partial charge in [0.15, 0.2) is 0 Å². The highest BCUT2D eigenvalue weighted by atomic mass is 79.9. The lowest BCUT2D eigenvalue weighted by Crippen LogP contribution is -2.30. The van der Waals surface area contributed by atoms with Gasteiger partial charge in [-0.25, -0.2) is 4.39 Å². The Morgan fingerprint density at radius 1 is 1.47 bits per heavy atom. The van der Waals surface area contributed by atoms with Crippen LogP contribution in [0, 0.1) is 11.7 Å². The molecule has 0 aliphatic rings. The van der Waals surface area contributed by atoms with Crippen molar-refractivity contribution < 1.29 is 19.1 Å². The number of amides is 1. The quantitative estimate of drug-likeness (QED) is 0.842. The van der Waals surface area contributed by atoms with Gasteiger partial charge in [-0.05, 0) is 40.0 Å². The molecule has 4 nitrogen and oxygen atoms in total. The molecule has 0 saturated heterocycles.